The maximum absolute atomic E-state index is 10.0. The van der Waals surface area contributed by atoms with Crippen molar-refractivity contribution in [2.24, 2.45) is 0 Å². The van der Waals surface area contributed by atoms with E-state index in [2.05, 4.69) is 18.1 Å². The number of nitrogens with zero attached hydrogens (tertiary/aromatic N) is 1. The van der Waals surface area contributed by atoms with Crippen molar-refractivity contribution in [2.75, 3.05) is 18.0 Å². The van der Waals surface area contributed by atoms with Crippen molar-refractivity contribution in [1.82, 2.24) is 0 Å². The number of hydrogen-bond acceptors (Lipinski definition) is 2. The van der Waals surface area contributed by atoms with Crippen LogP contribution < -0.4 is 4.90 Å². The first-order valence-electron chi connectivity index (χ1n) is 5.98. The van der Waals surface area contributed by atoms with E-state index >= 15 is 0 Å². The molecule has 92 valence electrons. The molecule has 0 radical (unpaired) electrons. The molecule has 0 fully saturated rings. The third-order valence-electron chi connectivity index (χ3n) is 2.72. The van der Waals surface area contributed by atoms with Gasteiger partial charge >= 0.3 is 0 Å². The Morgan fingerprint density at radius 1 is 1.24 bits per heavy atom. The van der Waals surface area contributed by atoms with E-state index in [1.807, 2.05) is 43.3 Å². The van der Waals surface area contributed by atoms with Gasteiger partial charge in [-0.1, -0.05) is 37.3 Å². The molecule has 0 bridgehead atoms. The van der Waals surface area contributed by atoms with Crippen LogP contribution in [0, 0.1) is 0 Å². The zero-order valence-corrected chi connectivity index (χ0v) is 10.5. The normalized spacial score (nSPS) is 11.9. The monoisotopic (exact) mass is 231 g/mol. The van der Waals surface area contributed by atoms with Crippen LogP contribution in [0.3, 0.4) is 0 Å². The van der Waals surface area contributed by atoms with E-state index in [0.29, 0.717) is 6.42 Å². The molecule has 0 saturated carbocycles. The third kappa shape index (κ3) is 3.46. The summed E-state index contributed by atoms with van der Waals surface area (Å²) in [5, 5.41) is 10.0. The maximum atomic E-state index is 10.0. The van der Waals surface area contributed by atoms with E-state index < -0.39 is 6.10 Å². The van der Waals surface area contributed by atoms with E-state index in [1.165, 1.54) is 0 Å². The summed E-state index contributed by atoms with van der Waals surface area (Å²) in [7, 11) is 0. The van der Waals surface area contributed by atoms with Gasteiger partial charge in [0.05, 0.1) is 6.10 Å². The molecule has 0 aliphatic rings. The largest absolute Gasteiger partial charge is 0.388 e. The Kier molecular flexibility index (Phi) is 5.50. The quantitative estimate of drug-likeness (QED) is 0.728. The van der Waals surface area contributed by atoms with Crippen molar-refractivity contribution in [3.8, 4) is 0 Å². The van der Waals surface area contributed by atoms with Crippen molar-refractivity contribution >= 4 is 5.69 Å². The average Bonchev–Trinajstić information content (AvgIpc) is 2.37. The molecule has 1 atom stereocenters. The SMILES string of the molecule is C=CCN(CC=C)c1ccccc1[C@H](O)CC. The predicted octanol–water partition coefficient (Wildman–Crippen LogP) is 3.31. The first-order chi connectivity index (χ1) is 8.24. The summed E-state index contributed by atoms with van der Waals surface area (Å²) < 4.78 is 0. The summed E-state index contributed by atoms with van der Waals surface area (Å²) >= 11 is 0. The van der Waals surface area contributed by atoms with Crippen LogP contribution in [0.5, 0.6) is 0 Å². The minimum absolute atomic E-state index is 0.414. The average molecular weight is 231 g/mol. The first kappa shape index (κ1) is 13.5. The van der Waals surface area contributed by atoms with Gasteiger partial charge in [-0.05, 0) is 12.5 Å². The van der Waals surface area contributed by atoms with E-state index in [0.717, 1.165) is 24.3 Å². The minimum Gasteiger partial charge on any atom is -0.388 e. The number of para-hydroxylation sites is 1. The second-order valence-corrected chi connectivity index (χ2v) is 3.97. The van der Waals surface area contributed by atoms with E-state index in [-0.39, 0.29) is 0 Å². The Bertz CT molecular complexity index is 363. The van der Waals surface area contributed by atoms with Crippen LogP contribution in [0.4, 0.5) is 5.69 Å². The van der Waals surface area contributed by atoms with Crippen LogP contribution in [-0.2, 0) is 0 Å². The highest BCUT2D eigenvalue weighted by Gasteiger charge is 2.13. The lowest BCUT2D eigenvalue weighted by atomic mass is 10.0. The molecule has 0 aliphatic carbocycles. The van der Waals surface area contributed by atoms with Gasteiger partial charge in [-0.2, -0.15) is 0 Å². The molecule has 0 saturated heterocycles. The fourth-order valence-electron chi connectivity index (χ4n) is 1.86. The standard InChI is InChI=1S/C15H21NO/c1-4-11-16(12-5-2)14-10-8-7-9-13(14)15(17)6-3/h4-5,7-10,15,17H,1-2,6,11-12H2,3H3/t15-/m1/s1. The molecule has 0 amide bonds. The zero-order valence-electron chi connectivity index (χ0n) is 10.5. The molecule has 2 heteroatoms. The second kappa shape index (κ2) is 6.92. The Labute approximate surface area is 104 Å². The maximum Gasteiger partial charge on any atom is 0.0807 e. The Balaban J connectivity index is 3.07. The molecule has 0 aliphatic heterocycles. The fraction of sp³-hybridized carbons (Fsp3) is 0.333. The van der Waals surface area contributed by atoms with Gasteiger partial charge in [0.15, 0.2) is 0 Å². The van der Waals surface area contributed by atoms with E-state index in [1.54, 1.807) is 0 Å². The summed E-state index contributed by atoms with van der Waals surface area (Å²) in [6, 6.07) is 7.95. The molecular formula is C15H21NO. The lowest BCUT2D eigenvalue weighted by molar-refractivity contribution is 0.174. The third-order valence-corrected chi connectivity index (χ3v) is 2.72. The van der Waals surface area contributed by atoms with Crippen LogP contribution in [0.2, 0.25) is 0 Å². The van der Waals surface area contributed by atoms with Gasteiger partial charge in [0, 0.05) is 24.3 Å². The molecule has 1 N–H and O–H groups in total. The molecule has 17 heavy (non-hydrogen) atoms. The Morgan fingerprint density at radius 3 is 2.35 bits per heavy atom. The molecular weight excluding hydrogens is 210 g/mol. The lowest BCUT2D eigenvalue weighted by Gasteiger charge is -2.26. The minimum atomic E-state index is -0.414. The second-order valence-electron chi connectivity index (χ2n) is 3.97. The number of hydrogen-bond donors (Lipinski definition) is 1. The zero-order chi connectivity index (χ0) is 12.7. The molecule has 0 unspecified atom stereocenters. The smallest absolute Gasteiger partial charge is 0.0807 e. The highest BCUT2D eigenvalue weighted by molar-refractivity contribution is 5.55. The number of rotatable bonds is 7. The van der Waals surface area contributed by atoms with E-state index in [4.69, 9.17) is 0 Å². The molecule has 0 spiro atoms. The van der Waals surface area contributed by atoms with Gasteiger partial charge in [-0.25, -0.2) is 0 Å². The molecule has 1 aromatic rings. The Morgan fingerprint density at radius 2 is 1.82 bits per heavy atom. The summed E-state index contributed by atoms with van der Waals surface area (Å²) in [5.41, 5.74) is 2.03. The summed E-state index contributed by atoms with van der Waals surface area (Å²) in [5.74, 6) is 0. The summed E-state index contributed by atoms with van der Waals surface area (Å²) in [6.07, 6.45) is 4.02. The van der Waals surface area contributed by atoms with Crippen molar-refractivity contribution < 1.29 is 5.11 Å². The van der Waals surface area contributed by atoms with Crippen molar-refractivity contribution in [2.45, 2.75) is 19.4 Å². The van der Waals surface area contributed by atoms with E-state index in [9.17, 15) is 5.11 Å². The number of benzene rings is 1. The summed E-state index contributed by atoms with van der Waals surface area (Å²) in [4.78, 5) is 2.15. The molecule has 0 aromatic heterocycles. The summed E-state index contributed by atoms with van der Waals surface area (Å²) in [6.45, 7) is 11.0. The highest BCUT2D eigenvalue weighted by atomic mass is 16.3. The van der Waals surface area contributed by atoms with Crippen LogP contribution >= 0.6 is 0 Å². The van der Waals surface area contributed by atoms with Crippen LogP contribution in [0.25, 0.3) is 0 Å². The van der Waals surface area contributed by atoms with Gasteiger partial charge in [0.25, 0.3) is 0 Å². The number of aliphatic hydroxyl groups excluding tert-OH is 1. The molecule has 2 nitrogen and oxygen atoms in total. The Hall–Kier alpha value is -1.54. The van der Waals surface area contributed by atoms with Crippen molar-refractivity contribution in [3.05, 3.63) is 55.1 Å². The van der Waals surface area contributed by atoms with Crippen molar-refractivity contribution in [1.29, 1.82) is 0 Å². The van der Waals surface area contributed by atoms with Gasteiger partial charge < -0.3 is 10.0 Å². The first-order valence-corrected chi connectivity index (χ1v) is 5.98. The van der Waals surface area contributed by atoms with Crippen molar-refractivity contribution in [3.63, 3.8) is 0 Å². The molecule has 1 rings (SSSR count). The van der Waals surface area contributed by atoms with Crippen LogP contribution in [0.15, 0.2) is 49.6 Å². The molecule has 1 aromatic carbocycles. The van der Waals surface area contributed by atoms with Gasteiger partial charge in [0.1, 0.15) is 0 Å². The number of aliphatic hydroxyl groups is 1. The number of anilines is 1. The van der Waals surface area contributed by atoms with Gasteiger partial charge in [-0.15, -0.1) is 13.2 Å². The topological polar surface area (TPSA) is 23.5 Å². The lowest BCUT2D eigenvalue weighted by Crippen LogP contribution is -2.24. The van der Waals surface area contributed by atoms with Crippen LogP contribution in [0.1, 0.15) is 25.0 Å². The fourth-order valence-corrected chi connectivity index (χ4v) is 1.86. The highest BCUT2D eigenvalue weighted by Crippen LogP contribution is 2.28. The predicted molar refractivity (Wildman–Crippen MR) is 74.3 cm³/mol. The van der Waals surface area contributed by atoms with Gasteiger partial charge in [0.2, 0.25) is 0 Å². The molecule has 0 heterocycles. The van der Waals surface area contributed by atoms with Crippen LogP contribution in [-0.4, -0.2) is 18.2 Å². The van der Waals surface area contributed by atoms with Gasteiger partial charge in [-0.3, -0.25) is 0 Å².